The largest absolute Gasteiger partial charge is 0.343 e. The third-order valence-corrected chi connectivity index (χ3v) is 4.01. The number of nitrogens with zero attached hydrogens (tertiary/aromatic N) is 1. The Hall–Kier alpha value is -0.570. The van der Waals surface area contributed by atoms with Crippen LogP contribution in [0.2, 0.25) is 0 Å². The van der Waals surface area contributed by atoms with E-state index >= 15 is 0 Å². The molecule has 1 N–H and O–H groups in total. The van der Waals surface area contributed by atoms with Crippen LogP contribution >= 0.6 is 0 Å². The van der Waals surface area contributed by atoms with Crippen LogP contribution in [0.4, 0.5) is 0 Å². The lowest BCUT2D eigenvalue weighted by molar-refractivity contribution is -0.133. The molecule has 1 aliphatic rings. The molecule has 1 fully saturated rings. The summed E-state index contributed by atoms with van der Waals surface area (Å²) in [4.78, 5) is 14.4. The molecule has 1 heterocycles. The van der Waals surface area contributed by atoms with E-state index in [1.807, 2.05) is 0 Å². The molecule has 1 atom stereocenters. The van der Waals surface area contributed by atoms with Gasteiger partial charge in [-0.25, -0.2) is 0 Å². The van der Waals surface area contributed by atoms with Gasteiger partial charge in [-0.1, -0.05) is 34.6 Å². The van der Waals surface area contributed by atoms with Crippen LogP contribution in [0.1, 0.15) is 66.7 Å². The van der Waals surface area contributed by atoms with Crippen LogP contribution in [0.5, 0.6) is 0 Å². The predicted octanol–water partition coefficient (Wildman–Crippen LogP) is 3.44. The second-order valence-electron chi connectivity index (χ2n) is 7.68. The molecule has 0 bridgehead atoms. The molecule has 20 heavy (non-hydrogen) atoms. The van der Waals surface area contributed by atoms with E-state index in [1.165, 1.54) is 6.42 Å². The molecule has 3 heteroatoms. The molecular weight excluding hydrogens is 248 g/mol. The Morgan fingerprint density at radius 1 is 1.30 bits per heavy atom. The zero-order valence-electron chi connectivity index (χ0n) is 14.2. The number of likely N-dealkylation sites (tertiary alicyclic amines) is 1. The summed E-state index contributed by atoms with van der Waals surface area (Å²) >= 11 is 0. The zero-order valence-corrected chi connectivity index (χ0v) is 14.2. The van der Waals surface area contributed by atoms with E-state index in [4.69, 9.17) is 0 Å². The van der Waals surface area contributed by atoms with Gasteiger partial charge in [0.05, 0.1) is 0 Å². The highest BCUT2D eigenvalue weighted by Gasteiger charge is 2.24. The lowest BCUT2D eigenvalue weighted by Gasteiger charge is -2.33. The van der Waals surface area contributed by atoms with E-state index in [1.54, 1.807) is 0 Å². The maximum atomic E-state index is 12.3. The van der Waals surface area contributed by atoms with Crippen LogP contribution in [0.15, 0.2) is 0 Å². The van der Waals surface area contributed by atoms with Gasteiger partial charge >= 0.3 is 0 Å². The van der Waals surface area contributed by atoms with Gasteiger partial charge < -0.3 is 10.2 Å². The first-order chi connectivity index (χ1) is 9.31. The third-order valence-electron chi connectivity index (χ3n) is 4.01. The minimum atomic E-state index is 0.316. The molecule has 0 aromatic heterocycles. The van der Waals surface area contributed by atoms with Crippen LogP contribution in [0, 0.1) is 11.3 Å². The molecule has 1 unspecified atom stereocenters. The van der Waals surface area contributed by atoms with Crippen molar-refractivity contribution >= 4 is 5.91 Å². The standard InChI is InChI=1S/C17H34N2O/c1-6-9-18-15-7-10-19(11-8-15)16(20)12-14(2)13-17(3,4)5/h14-15,18H,6-13H2,1-5H3. The number of hydrogen-bond acceptors (Lipinski definition) is 2. The van der Waals surface area contributed by atoms with E-state index in [-0.39, 0.29) is 0 Å². The van der Waals surface area contributed by atoms with Crippen molar-refractivity contribution in [1.29, 1.82) is 0 Å². The van der Waals surface area contributed by atoms with E-state index < -0.39 is 0 Å². The lowest BCUT2D eigenvalue weighted by Crippen LogP contribution is -2.45. The molecule has 0 spiro atoms. The SMILES string of the molecule is CCCNC1CCN(C(=O)CC(C)CC(C)(C)C)CC1. The summed E-state index contributed by atoms with van der Waals surface area (Å²) in [5.74, 6) is 0.842. The third kappa shape index (κ3) is 6.74. The smallest absolute Gasteiger partial charge is 0.222 e. The van der Waals surface area contributed by atoms with Crippen molar-refractivity contribution in [2.75, 3.05) is 19.6 Å². The molecular formula is C17H34N2O. The van der Waals surface area contributed by atoms with Crippen molar-refractivity contribution in [1.82, 2.24) is 10.2 Å². The summed E-state index contributed by atoms with van der Waals surface area (Å²) in [7, 11) is 0. The van der Waals surface area contributed by atoms with Gasteiger partial charge in [-0.3, -0.25) is 4.79 Å². The molecule has 1 rings (SSSR count). The maximum Gasteiger partial charge on any atom is 0.222 e. The predicted molar refractivity (Wildman–Crippen MR) is 85.7 cm³/mol. The Morgan fingerprint density at radius 2 is 1.90 bits per heavy atom. The number of rotatable bonds is 6. The van der Waals surface area contributed by atoms with Crippen LogP contribution in [0.3, 0.4) is 0 Å². The summed E-state index contributed by atoms with van der Waals surface area (Å²) in [6, 6.07) is 0.617. The van der Waals surface area contributed by atoms with E-state index in [0.29, 0.717) is 29.7 Å². The fourth-order valence-electron chi connectivity index (χ4n) is 3.23. The first-order valence-electron chi connectivity index (χ1n) is 8.33. The van der Waals surface area contributed by atoms with Crippen molar-refractivity contribution in [3.05, 3.63) is 0 Å². The normalized spacial score (nSPS) is 19.1. The van der Waals surface area contributed by atoms with Crippen LogP contribution in [0.25, 0.3) is 0 Å². The quantitative estimate of drug-likeness (QED) is 0.809. The minimum absolute atomic E-state index is 0.316. The number of hydrogen-bond donors (Lipinski definition) is 1. The van der Waals surface area contributed by atoms with E-state index in [2.05, 4.69) is 44.8 Å². The molecule has 1 aliphatic heterocycles. The molecule has 0 radical (unpaired) electrons. The minimum Gasteiger partial charge on any atom is -0.343 e. The molecule has 118 valence electrons. The van der Waals surface area contributed by atoms with Crippen molar-refractivity contribution in [3.8, 4) is 0 Å². The molecule has 3 nitrogen and oxygen atoms in total. The van der Waals surface area contributed by atoms with Crippen LogP contribution in [-0.2, 0) is 4.79 Å². The Bertz CT molecular complexity index is 288. The average molecular weight is 282 g/mol. The molecule has 0 aliphatic carbocycles. The Labute approximate surface area is 125 Å². The molecule has 0 aromatic carbocycles. The van der Waals surface area contributed by atoms with Crippen molar-refractivity contribution in [2.45, 2.75) is 72.8 Å². The number of amides is 1. The summed E-state index contributed by atoms with van der Waals surface area (Å²) in [6.45, 7) is 14.1. The number of carbonyl (C=O) groups excluding carboxylic acids is 1. The van der Waals surface area contributed by atoms with Gasteiger partial charge in [0.25, 0.3) is 0 Å². The lowest BCUT2D eigenvalue weighted by atomic mass is 9.84. The van der Waals surface area contributed by atoms with Gasteiger partial charge in [-0.15, -0.1) is 0 Å². The number of carbonyl (C=O) groups is 1. The highest BCUT2D eigenvalue weighted by atomic mass is 16.2. The van der Waals surface area contributed by atoms with Gasteiger partial charge in [-0.05, 0) is 43.6 Å². The first kappa shape index (κ1) is 17.5. The second-order valence-corrected chi connectivity index (χ2v) is 7.68. The Kier molecular flexibility index (Phi) is 7.01. The van der Waals surface area contributed by atoms with Gasteiger partial charge in [0.2, 0.25) is 5.91 Å². The Morgan fingerprint density at radius 3 is 2.40 bits per heavy atom. The highest BCUT2D eigenvalue weighted by molar-refractivity contribution is 5.76. The van der Waals surface area contributed by atoms with Gasteiger partial charge in [0.1, 0.15) is 0 Å². The molecule has 1 amide bonds. The van der Waals surface area contributed by atoms with Crippen LogP contribution in [-0.4, -0.2) is 36.5 Å². The van der Waals surface area contributed by atoms with E-state index in [0.717, 1.165) is 38.9 Å². The zero-order chi connectivity index (χ0) is 15.2. The summed E-state index contributed by atoms with van der Waals surface area (Å²) < 4.78 is 0. The average Bonchev–Trinajstić information content (AvgIpc) is 2.34. The van der Waals surface area contributed by atoms with E-state index in [9.17, 15) is 4.79 Å². The molecule has 1 saturated heterocycles. The molecule has 0 saturated carbocycles. The number of piperidine rings is 1. The van der Waals surface area contributed by atoms with Gasteiger partial charge in [0, 0.05) is 25.6 Å². The fraction of sp³-hybridized carbons (Fsp3) is 0.941. The fourth-order valence-corrected chi connectivity index (χ4v) is 3.23. The van der Waals surface area contributed by atoms with Crippen molar-refractivity contribution in [2.24, 2.45) is 11.3 Å². The second kappa shape index (κ2) is 8.02. The summed E-state index contributed by atoms with van der Waals surface area (Å²) in [5.41, 5.74) is 0.316. The van der Waals surface area contributed by atoms with Gasteiger partial charge in [-0.2, -0.15) is 0 Å². The first-order valence-corrected chi connectivity index (χ1v) is 8.33. The topological polar surface area (TPSA) is 32.3 Å². The maximum absolute atomic E-state index is 12.3. The van der Waals surface area contributed by atoms with Crippen molar-refractivity contribution < 1.29 is 4.79 Å². The number of nitrogens with one attached hydrogen (secondary N) is 1. The molecule has 0 aromatic rings. The Balaban J connectivity index is 2.28. The summed E-state index contributed by atoms with van der Waals surface area (Å²) in [5, 5.41) is 3.56. The monoisotopic (exact) mass is 282 g/mol. The highest BCUT2D eigenvalue weighted by Crippen LogP contribution is 2.26. The summed E-state index contributed by atoms with van der Waals surface area (Å²) in [6.07, 6.45) is 5.24. The van der Waals surface area contributed by atoms with Gasteiger partial charge in [0.15, 0.2) is 0 Å². The van der Waals surface area contributed by atoms with Crippen molar-refractivity contribution in [3.63, 3.8) is 0 Å². The van der Waals surface area contributed by atoms with Crippen LogP contribution < -0.4 is 5.32 Å².